The lowest BCUT2D eigenvalue weighted by Gasteiger charge is -2.30. The monoisotopic (exact) mass is 257 g/mol. The van der Waals surface area contributed by atoms with Gasteiger partial charge in [-0.3, -0.25) is 4.79 Å². The Morgan fingerprint density at radius 1 is 1.39 bits per heavy atom. The van der Waals surface area contributed by atoms with Crippen molar-refractivity contribution in [3.05, 3.63) is 0 Å². The zero-order valence-electron chi connectivity index (χ0n) is 11.7. The Morgan fingerprint density at radius 3 is 2.61 bits per heavy atom. The summed E-state index contributed by atoms with van der Waals surface area (Å²) < 4.78 is 5.55. The van der Waals surface area contributed by atoms with Crippen molar-refractivity contribution in [3.63, 3.8) is 0 Å². The van der Waals surface area contributed by atoms with E-state index in [2.05, 4.69) is 19.2 Å². The van der Waals surface area contributed by atoms with E-state index in [1.807, 2.05) is 0 Å². The van der Waals surface area contributed by atoms with Crippen molar-refractivity contribution in [2.45, 2.75) is 58.5 Å². The van der Waals surface area contributed by atoms with Crippen LogP contribution in [0.25, 0.3) is 0 Å². The lowest BCUT2D eigenvalue weighted by molar-refractivity contribution is -0.125. The SMILES string of the molecule is CCC(CC)(CO)CNC(=O)CC1CCCCO1. The summed E-state index contributed by atoms with van der Waals surface area (Å²) in [5, 5.41) is 12.4. The van der Waals surface area contributed by atoms with Gasteiger partial charge in [0.25, 0.3) is 0 Å². The van der Waals surface area contributed by atoms with Crippen molar-refractivity contribution in [3.8, 4) is 0 Å². The van der Waals surface area contributed by atoms with E-state index < -0.39 is 0 Å². The van der Waals surface area contributed by atoms with Crippen LogP contribution >= 0.6 is 0 Å². The molecule has 1 fully saturated rings. The number of nitrogens with one attached hydrogen (secondary N) is 1. The van der Waals surface area contributed by atoms with Crippen molar-refractivity contribution in [1.82, 2.24) is 5.32 Å². The highest BCUT2D eigenvalue weighted by molar-refractivity contribution is 5.76. The quantitative estimate of drug-likeness (QED) is 0.732. The van der Waals surface area contributed by atoms with Gasteiger partial charge in [-0.25, -0.2) is 0 Å². The van der Waals surface area contributed by atoms with Crippen molar-refractivity contribution in [1.29, 1.82) is 0 Å². The van der Waals surface area contributed by atoms with Gasteiger partial charge in [0, 0.05) is 18.6 Å². The highest BCUT2D eigenvalue weighted by Crippen LogP contribution is 2.24. The first kappa shape index (κ1) is 15.4. The van der Waals surface area contributed by atoms with Gasteiger partial charge in [0.1, 0.15) is 0 Å². The highest BCUT2D eigenvalue weighted by atomic mass is 16.5. The molecule has 0 radical (unpaired) electrons. The summed E-state index contributed by atoms with van der Waals surface area (Å²) in [7, 11) is 0. The van der Waals surface area contributed by atoms with Crippen molar-refractivity contribution >= 4 is 5.91 Å². The second-order valence-electron chi connectivity index (χ2n) is 5.33. The molecule has 0 spiro atoms. The fraction of sp³-hybridized carbons (Fsp3) is 0.929. The van der Waals surface area contributed by atoms with Gasteiger partial charge >= 0.3 is 0 Å². The summed E-state index contributed by atoms with van der Waals surface area (Å²) in [5.41, 5.74) is -0.164. The first-order chi connectivity index (χ1) is 8.65. The zero-order valence-corrected chi connectivity index (χ0v) is 11.7. The molecule has 1 atom stereocenters. The van der Waals surface area contributed by atoms with Gasteiger partial charge in [-0.1, -0.05) is 13.8 Å². The molecule has 106 valence electrons. The smallest absolute Gasteiger partial charge is 0.222 e. The molecule has 0 saturated carbocycles. The van der Waals surface area contributed by atoms with Crippen LogP contribution in [-0.2, 0) is 9.53 Å². The Morgan fingerprint density at radius 2 is 2.11 bits per heavy atom. The molecular formula is C14H27NO3. The Labute approximate surface area is 110 Å². The summed E-state index contributed by atoms with van der Waals surface area (Å²) in [5.74, 6) is 0.0432. The van der Waals surface area contributed by atoms with Gasteiger partial charge in [-0.05, 0) is 32.1 Å². The molecule has 0 aromatic heterocycles. The number of carbonyl (C=O) groups excluding carboxylic acids is 1. The molecule has 4 heteroatoms. The van der Waals surface area contributed by atoms with Crippen LogP contribution in [-0.4, -0.2) is 36.9 Å². The lowest BCUT2D eigenvalue weighted by atomic mass is 9.83. The number of hydrogen-bond donors (Lipinski definition) is 2. The van der Waals surface area contributed by atoms with Crippen LogP contribution in [0.3, 0.4) is 0 Å². The summed E-state index contributed by atoms with van der Waals surface area (Å²) in [4.78, 5) is 11.8. The Kier molecular flexibility index (Phi) is 6.65. The molecule has 18 heavy (non-hydrogen) atoms. The molecule has 1 aliphatic heterocycles. The molecule has 1 saturated heterocycles. The van der Waals surface area contributed by atoms with Crippen LogP contribution in [0.1, 0.15) is 52.4 Å². The maximum Gasteiger partial charge on any atom is 0.222 e. The Hall–Kier alpha value is -0.610. The molecule has 1 rings (SSSR count). The van der Waals surface area contributed by atoms with E-state index in [1.54, 1.807) is 0 Å². The van der Waals surface area contributed by atoms with Crippen LogP contribution in [0, 0.1) is 5.41 Å². The van der Waals surface area contributed by atoms with E-state index in [-0.39, 0.29) is 24.0 Å². The minimum Gasteiger partial charge on any atom is -0.396 e. The molecule has 1 heterocycles. The molecule has 0 aromatic carbocycles. The normalized spacial score (nSPS) is 20.7. The Bertz CT molecular complexity index is 237. The van der Waals surface area contributed by atoms with Gasteiger partial charge in [-0.15, -0.1) is 0 Å². The first-order valence-electron chi connectivity index (χ1n) is 7.15. The number of hydrogen-bond acceptors (Lipinski definition) is 3. The first-order valence-corrected chi connectivity index (χ1v) is 7.15. The van der Waals surface area contributed by atoms with Gasteiger partial charge < -0.3 is 15.2 Å². The van der Waals surface area contributed by atoms with E-state index in [9.17, 15) is 9.90 Å². The molecule has 0 aliphatic carbocycles. The van der Waals surface area contributed by atoms with Gasteiger partial charge in [0.05, 0.1) is 19.1 Å². The van der Waals surface area contributed by atoms with Crippen LogP contribution in [0.4, 0.5) is 0 Å². The number of aliphatic hydroxyl groups excluding tert-OH is 1. The summed E-state index contributed by atoms with van der Waals surface area (Å²) in [6, 6.07) is 0. The average molecular weight is 257 g/mol. The minimum atomic E-state index is -0.164. The van der Waals surface area contributed by atoms with Gasteiger partial charge in [0.2, 0.25) is 5.91 Å². The molecule has 2 N–H and O–H groups in total. The van der Waals surface area contributed by atoms with E-state index in [0.29, 0.717) is 13.0 Å². The maximum atomic E-state index is 11.8. The predicted octanol–water partition coefficient (Wildman–Crippen LogP) is 1.86. The third-order valence-electron chi connectivity index (χ3n) is 4.18. The van der Waals surface area contributed by atoms with E-state index in [1.165, 1.54) is 0 Å². The topological polar surface area (TPSA) is 58.6 Å². The average Bonchev–Trinajstić information content (AvgIpc) is 2.42. The van der Waals surface area contributed by atoms with E-state index in [4.69, 9.17) is 4.74 Å². The van der Waals surface area contributed by atoms with Crippen LogP contribution in [0.15, 0.2) is 0 Å². The molecule has 1 amide bonds. The third kappa shape index (κ3) is 4.58. The van der Waals surface area contributed by atoms with Crippen molar-refractivity contribution in [2.24, 2.45) is 5.41 Å². The predicted molar refractivity (Wildman–Crippen MR) is 71.3 cm³/mol. The molecule has 4 nitrogen and oxygen atoms in total. The second-order valence-corrected chi connectivity index (χ2v) is 5.33. The minimum absolute atomic E-state index is 0.0432. The summed E-state index contributed by atoms with van der Waals surface area (Å²) in [6.45, 7) is 5.57. The van der Waals surface area contributed by atoms with Crippen LogP contribution < -0.4 is 5.32 Å². The number of ether oxygens (including phenoxy) is 1. The number of aliphatic hydroxyl groups is 1. The number of carbonyl (C=O) groups is 1. The number of amides is 1. The van der Waals surface area contributed by atoms with E-state index >= 15 is 0 Å². The fourth-order valence-corrected chi connectivity index (χ4v) is 2.31. The summed E-state index contributed by atoms with van der Waals surface area (Å²) in [6.07, 6.45) is 5.54. The van der Waals surface area contributed by atoms with Crippen LogP contribution in [0.5, 0.6) is 0 Å². The second kappa shape index (κ2) is 7.74. The standard InChI is InChI=1S/C14H27NO3/c1-3-14(4-2,11-16)10-15-13(17)9-12-7-5-6-8-18-12/h12,16H,3-11H2,1-2H3,(H,15,17). The van der Waals surface area contributed by atoms with Gasteiger partial charge in [0.15, 0.2) is 0 Å². The van der Waals surface area contributed by atoms with Crippen molar-refractivity contribution < 1.29 is 14.6 Å². The molecule has 0 aromatic rings. The highest BCUT2D eigenvalue weighted by Gasteiger charge is 2.26. The third-order valence-corrected chi connectivity index (χ3v) is 4.18. The summed E-state index contributed by atoms with van der Waals surface area (Å²) >= 11 is 0. The van der Waals surface area contributed by atoms with E-state index in [0.717, 1.165) is 38.7 Å². The molecular weight excluding hydrogens is 230 g/mol. The molecule has 0 bridgehead atoms. The zero-order chi connectivity index (χ0) is 13.4. The molecule has 1 unspecified atom stereocenters. The lowest BCUT2D eigenvalue weighted by Crippen LogP contribution is -2.40. The maximum absolute atomic E-state index is 11.8. The number of rotatable bonds is 7. The largest absolute Gasteiger partial charge is 0.396 e. The van der Waals surface area contributed by atoms with Crippen molar-refractivity contribution in [2.75, 3.05) is 19.8 Å². The Balaban J connectivity index is 2.30. The molecule has 1 aliphatic rings. The fourth-order valence-electron chi connectivity index (χ4n) is 2.31. The van der Waals surface area contributed by atoms with Crippen LogP contribution in [0.2, 0.25) is 0 Å². The van der Waals surface area contributed by atoms with Gasteiger partial charge in [-0.2, -0.15) is 0 Å².